The predicted octanol–water partition coefficient (Wildman–Crippen LogP) is 4.99. The van der Waals surface area contributed by atoms with Gasteiger partial charge in [-0.2, -0.15) is 0 Å². The maximum absolute atomic E-state index is 5.99. The first-order chi connectivity index (χ1) is 14.5. The molecule has 2 aromatic heterocycles. The zero-order valence-electron chi connectivity index (χ0n) is 18.1. The highest BCUT2D eigenvalue weighted by molar-refractivity contribution is 7.15. The summed E-state index contributed by atoms with van der Waals surface area (Å²) < 4.78 is 5.99. The largest absolute Gasteiger partial charge is 0.493 e. The molecule has 1 aromatic carbocycles. The van der Waals surface area contributed by atoms with Gasteiger partial charge in [0.1, 0.15) is 28.2 Å². The van der Waals surface area contributed by atoms with Gasteiger partial charge >= 0.3 is 0 Å². The van der Waals surface area contributed by atoms with Crippen LogP contribution in [0.2, 0.25) is 0 Å². The van der Waals surface area contributed by atoms with Crippen molar-refractivity contribution in [1.29, 1.82) is 0 Å². The van der Waals surface area contributed by atoms with Crippen LogP contribution >= 0.6 is 11.3 Å². The van der Waals surface area contributed by atoms with Gasteiger partial charge in [-0.05, 0) is 37.8 Å². The number of hydrogen-bond acceptors (Lipinski definition) is 7. The number of nitrogens with two attached hydrogens (primary N) is 2. The molecule has 0 amide bonds. The van der Waals surface area contributed by atoms with Gasteiger partial charge in [0.15, 0.2) is 0 Å². The minimum absolute atomic E-state index is 0.403. The van der Waals surface area contributed by atoms with Gasteiger partial charge in [-0.3, -0.25) is 0 Å². The maximum atomic E-state index is 5.99. The Morgan fingerprint density at radius 3 is 2.40 bits per heavy atom. The number of aryl methyl sites for hydroxylation is 4. The number of benzene rings is 1. The Bertz CT molecular complexity index is 965. The minimum Gasteiger partial charge on any atom is -0.493 e. The number of thiazole rings is 1. The van der Waals surface area contributed by atoms with Gasteiger partial charge in [0, 0.05) is 22.9 Å². The molecule has 160 valence electrons. The molecule has 0 saturated heterocycles. The molecule has 0 atom stereocenters. The highest BCUT2D eigenvalue weighted by atomic mass is 32.1. The summed E-state index contributed by atoms with van der Waals surface area (Å²) in [5, 5.41) is 1.03. The molecular formula is C23H31N5OS. The lowest BCUT2D eigenvalue weighted by Gasteiger charge is -2.09. The Balaban J connectivity index is 1.82. The van der Waals surface area contributed by atoms with Gasteiger partial charge in [-0.15, -0.1) is 11.3 Å². The third kappa shape index (κ3) is 5.69. The van der Waals surface area contributed by atoms with Crippen LogP contribution in [0.1, 0.15) is 55.1 Å². The first-order valence-electron chi connectivity index (χ1n) is 10.6. The van der Waals surface area contributed by atoms with Crippen LogP contribution in [-0.4, -0.2) is 21.6 Å². The maximum Gasteiger partial charge on any atom is 0.133 e. The summed E-state index contributed by atoms with van der Waals surface area (Å²) in [4.78, 5) is 14.9. The summed E-state index contributed by atoms with van der Waals surface area (Å²) in [5.41, 5.74) is 15.0. The van der Waals surface area contributed by atoms with Gasteiger partial charge in [0.05, 0.1) is 12.3 Å². The summed E-state index contributed by atoms with van der Waals surface area (Å²) in [5.74, 6) is 2.41. The molecular weight excluding hydrogens is 394 g/mol. The Kier molecular flexibility index (Phi) is 7.63. The normalized spacial score (nSPS) is 11.0. The molecule has 0 aliphatic rings. The molecule has 30 heavy (non-hydrogen) atoms. The van der Waals surface area contributed by atoms with Crippen molar-refractivity contribution < 1.29 is 4.74 Å². The number of nitrogen functional groups attached to an aromatic ring is 2. The number of rotatable bonds is 10. The summed E-state index contributed by atoms with van der Waals surface area (Å²) >= 11 is 1.76. The molecule has 0 bridgehead atoms. The van der Waals surface area contributed by atoms with Crippen LogP contribution in [0.4, 0.5) is 11.6 Å². The number of nitrogens with zero attached hydrogens (tertiary/aromatic N) is 3. The molecule has 0 aliphatic carbocycles. The van der Waals surface area contributed by atoms with Gasteiger partial charge in [0.2, 0.25) is 0 Å². The number of unbranched alkanes of at least 4 members (excludes halogenated alkanes) is 1. The van der Waals surface area contributed by atoms with E-state index in [0.29, 0.717) is 23.9 Å². The van der Waals surface area contributed by atoms with Gasteiger partial charge in [0.25, 0.3) is 0 Å². The van der Waals surface area contributed by atoms with E-state index >= 15 is 0 Å². The Hall–Kier alpha value is -2.67. The third-order valence-corrected chi connectivity index (χ3v) is 6.05. The van der Waals surface area contributed by atoms with Crippen LogP contribution < -0.4 is 16.2 Å². The summed E-state index contributed by atoms with van der Waals surface area (Å²) in [7, 11) is 0. The molecule has 0 unspecified atom stereocenters. The van der Waals surface area contributed by atoms with Gasteiger partial charge in [-0.1, -0.05) is 38.8 Å². The zero-order valence-corrected chi connectivity index (χ0v) is 18.9. The quantitative estimate of drug-likeness (QED) is 0.444. The van der Waals surface area contributed by atoms with Crippen LogP contribution in [0.5, 0.6) is 5.75 Å². The lowest BCUT2D eigenvalue weighted by Crippen LogP contribution is -2.05. The van der Waals surface area contributed by atoms with Crippen molar-refractivity contribution in [3.05, 3.63) is 46.2 Å². The lowest BCUT2D eigenvalue weighted by atomic mass is 10.1. The third-order valence-electron chi connectivity index (χ3n) is 4.84. The molecule has 4 N–H and O–H groups in total. The standard InChI is InChI=1S/C23H31N5OS/c1-4-6-12-29-18-13-16(9-8-15(18)3)23-26-17(19(30-23)7-5-2)10-11-22-27-20(24)14-21(25)28-22/h8-9,13-14H,4-7,10-12H2,1-3H3,(H4,24,25,27,28). The van der Waals surface area contributed by atoms with Crippen molar-refractivity contribution in [1.82, 2.24) is 15.0 Å². The van der Waals surface area contributed by atoms with Crippen molar-refractivity contribution in [2.75, 3.05) is 18.1 Å². The second-order valence-corrected chi connectivity index (χ2v) is 8.54. The molecule has 6 nitrogen and oxygen atoms in total. The van der Waals surface area contributed by atoms with Crippen LogP contribution in [0.3, 0.4) is 0 Å². The van der Waals surface area contributed by atoms with E-state index in [4.69, 9.17) is 21.2 Å². The molecule has 7 heteroatoms. The molecule has 2 heterocycles. The Morgan fingerprint density at radius 2 is 1.70 bits per heavy atom. The molecule has 0 aliphatic heterocycles. The predicted molar refractivity (Wildman–Crippen MR) is 125 cm³/mol. The van der Waals surface area contributed by atoms with Crippen molar-refractivity contribution in [3.63, 3.8) is 0 Å². The first-order valence-corrected chi connectivity index (χ1v) is 11.4. The lowest BCUT2D eigenvalue weighted by molar-refractivity contribution is 0.307. The number of aromatic nitrogens is 3. The Morgan fingerprint density at radius 1 is 0.933 bits per heavy atom. The number of anilines is 2. The number of ether oxygens (including phenoxy) is 1. The monoisotopic (exact) mass is 425 g/mol. The second kappa shape index (κ2) is 10.4. The molecule has 0 radical (unpaired) electrons. The van der Waals surface area contributed by atoms with E-state index in [-0.39, 0.29) is 0 Å². The van der Waals surface area contributed by atoms with Crippen LogP contribution in [0.25, 0.3) is 10.6 Å². The average Bonchev–Trinajstić information content (AvgIpc) is 3.10. The van der Waals surface area contributed by atoms with E-state index in [1.165, 1.54) is 4.88 Å². The van der Waals surface area contributed by atoms with Crippen LogP contribution in [-0.2, 0) is 19.3 Å². The summed E-state index contributed by atoms with van der Waals surface area (Å²) in [6.45, 7) is 7.19. The van der Waals surface area contributed by atoms with E-state index in [9.17, 15) is 0 Å². The highest BCUT2D eigenvalue weighted by Gasteiger charge is 2.14. The zero-order chi connectivity index (χ0) is 21.5. The molecule has 3 aromatic rings. The van der Waals surface area contributed by atoms with Crippen LogP contribution in [0, 0.1) is 6.92 Å². The van der Waals surface area contributed by atoms with Crippen molar-refractivity contribution >= 4 is 23.0 Å². The fourth-order valence-corrected chi connectivity index (χ4v) is 4.43. The SMILES string of the molecule is CCCCOc1cc(-c2nc(CCc3nc(N)cc(N)n3)c(CCC)s2)ccc1C. The first kappa shape index (κ1) is 22.0. The van der Waals surface area contributed by atoms with Crippen molar-refractivity contribution in [2.24, 2.45) is 0 Å². The van der Waals surface area contributed by atoms with E-state index in [2.05, 4.69) is 48.9 Å². The van der Waals surface area contributed by atoms with Gasteiger partial charge in [-0.25, -0.2) is 15.0 Å². The van der Waals surface area contributed by atoms with Crippen molar-refractivity contribution in [2.45, 2.75) is 59.3 Å². The summed E-state index contributed by atoms with van der Waals surface area (Å²) in [6.07, 6.45) is 5.70. The van der Waals surface area contributed by atoms with E-state index in [1.807, 2.05) is 0 Å². The molecule has 3 rings (SSSR count). The molecule has 0 spiro atoms. The fraction of sp³-hybridized carbons (Fsp3) is 0.435. The van der Waals surface area contributed by atoms with Crippen LogP contribution in [0.15, 0.2) is 24.3 Å². The van der Waals surface area contributed by atoms with E-state index < -0.39 is 0 Å². The topological polar surface area (TPSA) is 99.9 Å². The smallest absolute Gasteiger partial charge is 0.133 e. The minimum atomic E-state index is 0.403. The average molecular weight is 426 g/mol. The summed E-state index contributed by atoms with van der Waals surface area (Å²) in [6, 6.07) is 7.93. The van der Waals surface area contributed by atoms with E-state index in [0.717, 1.165) is 66.3 Å². The molecule has 0 saturated carbocycles. The highest BCUT2D eigenvalue weighted by Crippen LogP contribution is 2.33. The second-order valence-electron chi connectivity index (χ2n) is 7.46. The number of hydrogen-bond donors (Lipinski definition) is 2. The fourth-order valence-electron chi connectivity index (χ4n) is 3.22. The van der Waals surface area contributed by atoms with E-state index in [1.54, 1.807) is 17.4 Å². The Labute approximate surface area is 182 Å². The van der Waals surface area contributed by atoms with Gasteiger partial charge < -0.3 is 16.2 Å². The molecule has 0 fully saturated rings. The van der Waals surface area contributed by atoms with Crippen molar-refractivity contribution in [3.8, 4) is 16.3 Å².